The molecule has 0 amide bonds. The van der Waals surface area contributed by atoms with Crippen molar-refractivity contribution in [2.45, 2.75) is 12.3 Å². The van der Waals surface area contributed by atoms with Crippen LogP contribution in [0.2, 0.25) is 0 Å². The Balaban J connectivity index is 0.946. The molecule has 0 saturated heterocycles. The molecule has 330 valence electrons. The zero-order valence-electron chi connectivity index (χ0n) is 37.7. The third-order valence-electron chi connectivity index (χ3n) is 13.2. The van der Waals surface area contributed by atoms with Crippen LogP contribution >= 0.6 is 0 Å². The fraction of sp³-hybridized carbons (Fsp3) is 0.0312. The summed E-state index contributed by atoms with van der Waals surface area (Å²) in [5.74, 6) is 2.91. The second-order valence-corrected chi connectivity index (χ2v) is 17.3. The Bertz CT molecular complexity index is 3580. The van der Waals surface area contributed by atoms with E-state index in [1.165, 1.54) is 5.56 Å². The number of ether oxygens (including phenoxy) is 2. The molecule has 0 bridgehead atoms. The highest BCUT2D eigenvalue weighted by Gasteiger charge is 2.31. The molecular weight excluding hydrogens is 848 g/mol. The van der Waals surface area contributed by atoms with E-state index >= 15 is 4.39 Å². The van der Waals surface area contributed by atoms with E-state index in [4.69, 9.17) is 9.47 Å². The number of hydrogen-bond acceptors (Lipinski definition) is 4. The summed E-state index contributed by atoms with van der Waals surface area (Å²) in [6, 6.07) is 64.0. The van der Waals surface area contributed by atoms with E-state index in [2.05, 4.69) is 145 Å². The van der Waals surface area contributed by atoms with E-state index in [9.17, 15) is 0 Å². The number of rotatable bonds is 11. The topological polar surface area (TPSA) is 24.9 Å². The summed E-state index contributed by atoms with van der Waals surface area (Å²) in [5.41, 5.74) is 13.0. The van der Waals surface area contributed by atoms with Crippen LogP contribution in [-0.2, 0) is 0 Å². The summed E-state index contributed by atoms with van der Waals surface area (Å²) in [5, 5.41) is 2.01. The normalized spacial score (nSPS) is 14.0. The molecule has 0 aromatic heterocycles. The van der Waals surface area contributed by atoms with Crippen molar-refractivity contribution in [2.75, 3.05) is 9.80 Å². The highest BCUT2D eigenvalue weighted by atomic mass is 19.1. The minimum atomic E-state index is -0.352. The monoisotopic (exact) mass is 892 g/mol. The van der Waals surface area contributed by atoms with Crippen LogP contribution in [0.1, 0.15) is 23.5 Å². The molecule has 1 unspecified atom stereocenters. The fourth-order valence-corrected chi connectivity index (χ4v) is 10.1. The Kier molecular flexibility index (Phi) is 10.6. The number of hydrogen-bond donors (Lipinski definition) is 0. The van der Waals surface area contributed by atoms with Crippen molar-refractivity contribution in [3.63, 3.8) is 0 Å². The lowest BCUT2D eigenvalue weighted by Gasteiger charge is -2.32. The minimum Gasteiger partial charge on any atom is -0.456 e. The van der Waals surface area contributed by atoms with Gasteiger partial charge in [0, 0.05) is 68.3 Å². The van der Waals surface area contributed by atoms with Gasteiger partial charge in [-0.05, 0) is 125 Å². The minimum absolute atomic E-state index is 0.269. The van der Waals surface area contributed by atoms with Crippen molar-refractivity contribution >= 4 is 51.0 Å². The van der Waals surface area contributed by atoms with Crippen molar-refractivity contribution in [2.24, 2.45) is 0 Å². The highest BCUT2D eigenvalue weighted by molar-refractivity contribution is 6.14. The third kappa shape index (κ3) is 7.51. The molecule has 9 aromatic rings. The van der Waals surface area contributed by atoms with Crippen molar-refractivity contribution in [3.05, 3.63) is 260 Å². The van der Waals surface area contributed by atoms with Crippen LogP contribution in [0.3, 0.4) is 0 Å². The van der Waals surface area contributed by atoms with Gasteiger partial charge in [-0.2, -0.15) is 0 Å². The van der Waals surface area contributed by atoms with Gasteiger partial charge in [0.05, 0.1) is 11.4 Å². The summed E-state index contributed by atoms with van der Waals surface area (Å²) in [6.45, 7) is 3.76. The molecule has 5 heteroatoms. The smallest absolute Gasteiger partial charge is 0.148 e. The van der Waals surface area contributed by atoms with Crippen LogP contribution in [0.15, 0.2) is 243 Å². The van der Waals surface area contributed by atoms with Crippen LogP contribution in [-0.4, -0.2) is 0 Å². The number of nitrogens with zero attached hydrogens (tertiary/aromatic N) is 2. The molecule has 0 spiro atoms. The van der Waals surface area contributed by atoms with Gasteiger partial charge in [-0.1, -0.05) is 146 Å². The number of benzene rings is 9. The van der Waals surface area contributed by atoms with Gasteiger partial charge in [-0.3, -0.25) is 0 Å². The predicted molar refractivity (Wildman–Crippen MR) is 284 cm³/mol. The summed E-state index contributed by atoms with van der Waals surface area (Å²) < 4.78 is 30.9. The Morgan fingerprint density at radius 2 is 1.07 bits per heavy atom. The summed E-state index contributed by atoms with van der Waals surface area (Å²) in [7, 11) is 0. The largest absolute Gasteiger partial charge is 0.456 e. The standard InChI is InChI=1S/C64H45FN2O2/c1-2-3-4-9-20-43-39-55(45-23-12-6-13-24-45)64(56(65)40-43)67(47-27-16-8-17-28-47)49-32-34-52-54-36-37-58-62-53(35-38-59(63(54)62)69-61(52)42-49)51-33-31-48(41-60(51)68-58)66(46-25-14-7-15-26-46)57-30-19-18-29-50(57)44-21-10-5-11-22-44/h2-21,23-42,44H,1,22H2. The Morgan fingerprint density at radius 3 is 1.70 bits per heavy atom. The van der Waals surface area contributed by atoms with Crippen LogP contribution < -0.4 is 19.3 Å². The number of anilines is 6. The summed E-state index contributed by atoms with van der Waals surface area (Å²) >= 11 is 0. The Labute approximate surface area is 401 Å². The van der Waals surface area contributed by atoms with E-state index in [0.717, 1.165) is 102 Å². The zero-order valence-corrected chi connectivity index (χ0v) is 37.7. The summed E-state index contributed by atoms with van der Waals surface area (Å²) in [4.78, 5) is 4.33. The van der Waals surface area contributed by atoms with Crippen molar-refractivity contribution in [1.29, 1.82) is 0 Å². The van der Waals surface area contributed by atoms with E-state index in [1.54, 1.807) is 12.1 Å². The van der Waals surface area contributed by atoms with Gasteiger partial charge < -0.3 is 19.3 Å². The maximum Gasteiger partial charge on any atom is 0.148 e. The van der Waals surface area contributed by atoms with Crippen LogP contribution in [0.4, 0.5) is 38.5 Å². The van der Waals surface area contributed by atoms with E-state index in [1.807, 2.05) is 102 Å². The molecule has 69 heavy (non-hydrogen) atoms. The average molecular weight is 893 g/mol. The van der Waals surface area contributed by atoms with Crippen LogP contribution in [0.25, 0.3) is 50.2 Å². The average Bonchev–Trinajstić information content (AvgIpc) is 3.40. The SMILES string of the molecule is C=CC=CC=Cc1cc(F)c(N(c2ccccc2)c2ccc3c(c2)Oc2ccc4c5c(ccc-3c25)Oc2cc(N(c3ccccc3)c3ccccc3C3C=CC=CC3)ccc2-4)c(-c2ccccc2)c1. The van der Waals surface area contributed by atoms with E-state index < -0.39 is 0 Å². The van der Waals surface area contributed by atoms with Crippen molar-refractivity contribution in [3.8, 4) is 56.4 Å². The Morgan fingerprint density at radius 1 is 0.493 bits per heavy atom. The van der Waals surface area contributed by atoms with E-state index in [-0.39, 0.29) is 11.7 Å². The first-order valence-corrected chi connectivity index (χ1v) is 23.3. The first kappa shape index (κ1) is 41.5. The number of halogens is 1. The predicted octanol–water partition coefficient (Wildman–Crippen LogP) is 18.5. The Hall–Kier alpha value is -8.93. The molecule has 1 atom stereocenters. The van der Waals surface area contributed by atoms with Crippen molar-refractivity contribution in [1.82, 2.24) is 0 Å². The molecule has 0 N–H and O–H groups in total. The van der Waals surface area contributed by atoms with Gasteiger partial charge in [-0.25, -0.2) is 4.39 Å². The molecule has 1 aliphatic carbocycles. The second kappa shape index (κ2) is 17.7. The molecule has 3 aliphatic rings. The maximum atomic E-state index is 17.0. The number of allylic oxidation sites excluding steroid dienone is 8. The third-order valence-corrected chi connectivity index (χ3v) is 13.2. The van der Waals surface area contributed by atoms with Crippen LogP contribution in [0, 0.1) is 5.82 Å². The number of fused-ring (bicyclic) bond motifs is 4. The lowest BCUT2D eigenvalue weighted by atomic mass is 9.88. The van der Waals surface area contributed by atoms with Crippen LogP contribution in [0.5, 0.6) is 23.0 Å². The van der Waals surface area contributed by atoms with Crippen molar-refractivity contribution < 1.29 is 13.9 Å². The lowest BCUT2D eigenvalue weighted by Crippen LogP contribution is -2.14. The highest BCUT2D eigenvalue weighted by Crippen LogP contribution is 2.57. The molecular formula is C64H45FN2O2. The molecule has 0 fully saturated rings. The zero-order chi connectivity index (χ0) is 46.3. The second-order valence-electron chi connectivity index (χ2n) is 17.3. The van der Waals surface area contributed by atoms with Gasteiger partial charge in [-0.15, -0.1) is 0 Å². The van der Waals surface area contributed by atoms with E-state index in [0.29, 0.717) is 11.4 Å². The molecule has 2 aliphatic heterocycles. The van der Waals surface area contributed by atoms with Gasteiger partial charge >= 0.3 is 0 Å². The van der Waals surface area contributed by atoms with Gasteiger partial charge in [0.25, 0.3) is 0 Å². The molecule has 2 heterocycles. The fourth-order valence-electron chi connectivity index (χ4n) is 10.1. The molecule has 4 nitrogen and oxygen atoms in total. The molecule has 0 radical (unpaired) electrons. The lowest BCUT2D eigenvalue weighted by molar-refractivity contribution is 0.480. The van der Waals surface area contributed by atoms with Gasteiger partial charge in [0.15, 0.2) is 0 Å². The molecule has 12 rings (SSSR count). The number of para-hydroxylation sites is 3. The maximum absolute atomic E-state index is 17.0. The quantitative estimate of drug-likeness (QED) is 0.121. The molecule has 0 saturated carbocycles. The first-order chi connectivity index (χ1) is 34.1. The summed E-state index contributed by atoms with van der Waals surface area (Å²) in [6.07, 6.45) is 19.0. The molecule has 9 aromatic carbocycles. The van der Waals surface area contributed by atoms with Gasteiger partial charge in [0.1, 0.15) is 28.8 Å². The first-order valence-electron chi connectivity index (χ1n) is 23.3. The van der Waals surface area contributed by atoms with Gasteiger partial charge in [0.2, 0.25) is 0 Å².